The van der Waals surface area contributed by atoms with E-state index in [1.54, 1.807) is 24.3 Å². The molecular formula is C13H15NO4S. The molecule has 1 heterocycles. The van der Waals surface area contributed by atoms with Gasteiger partial charge in [0.15, 0.2) is 0 Å². The predicted octanol–water partition coefficient (Wildman–Crippen LogP) is 2.11. The number of ether oxygens (including phenoxy) is 1. The number of rotatable bonds is 5. The molecule has 0 amide bonds. The van der Waals surface area contributed by atoms with E-state index in [0.717, 1.165) is 0 Å². The molecule has 0 aliphatic rings. The van der Waals surface area contributed by atoms with Crippen LogP contribution in [0.4, 0.5) is 0 Å². The monoisotopic (exact) mass is 281 g/mol. The first kappa shape index (κ1) is 13.6. The summed E-state index contributed by atoms with van der Waals surface area (Å²) >= 11 is 0. The molecule has 5 nitrogen and oxygen atoms in total. The smallest absolute Gasteiger partial charge is 0.243 e. The first-order chi connectivity index (χ1) is 9.04. The van der Waals surface area contributed by atoms with Crippen LogP contribution in [0.2, 0.25) is 0 Å². The summed E-state index contributed by atoms with van der Waals surface area (Å²) in [6.07, 6.45) is 1.52. The lowest BCUT2D eigenvalue weighted by Gasteiger charge is -2.16. The molecule has 0 aliphatic carbocycles. The van der Waals surface area contributed by atoms with Gasteiger partial charge in [0.25, 0.3) is 0 Å². The minimum Gasteiger partial charge on any atom is -0.497 e. The molecule has 1 aromatic carbocycles. The summed E-state index contributed by atoms with van der Waals surface area (Å²) in [6, 6.07) is 9.74. The Morgan fingerprint density at radius 2 is 1.89 bits per heavy atom. The second-order valence-corrected chi connectivity index (χ2v) is 6.06. The minimum absolute atomic E-state index is 0.196. The van der Waals surface area contributed by atoms with Crippen LogP contribution >= 0.6 is 0 Å². The van der Waals surface area contributed by atoms with Crippen molar-refractivity contribution >= 4 is 10.0 Å². The maximum absolute atomic E-state index is 12.3. The quantitative estimate of drug-likeness (QED) is 0.842. The molecule has 0 fully saturated rings. The van der Waals surface area contributed by atoms with E-state index in [9.17, 15) is 8.42 Å². The first-order valence-corrected chi connectivity index (χ1v) is 7.11. The first-order valence-electron chi connectivity index (χ1n) is 5.67. The van der Waals surface area contributed by atoms with Crippen molar-refractivity contribution in [2.24, 2.45) is 0 Å². The summed E-state index contributed by atoms with van der Waals surface area (Å²) in [5.41, 5.74) is 0. The van der Waals surface area contributed by atoms with E-state index in [4.69, 9.17) is 9.15 Å². The van der Waals surface area contributed by atoms with E-state index in [1.807, 2.05) is 0 Å². The zero-order chi connectivity index (χ0) is 13.9. The van der Waals surface area contributed by atoms with Crippen LogP contribution in [0.5, 0.6) is 5.75 Å². The number of nitrogens with zero attached hydrogens (tertiary/aromatic N) is 1. The van der Waals surface area contributed by atoms with Crippen LogP contribution in [0.1, 0.15) is 5.76 Å². The van der Waals surface area contributed by atoms with E-state index in [-0.39, 0.29) is 11.4 Å². The standard InChI is InChI=1S/C13H15NO4S/c1-14(10-12-4-3-9-18-12)19(15,16)13-7-5-11(17-2)6-8-13/h3-9H,10H2,1-2H3. The van der Waals surface area contributed by atoms with Gasteiger partial charge in [-0.1, -0.05) is 0 Å². The Kier molecular flexibility index (Phi) is 3.92. The van der Waals surface area contributed by atoms with Crippen molar-refractivity contribution in [1.29, 1.82) is 0 Å². The summed E-state index contributed by atoms with van der Waals surface area (Å²) in [5, 5.41) is 0. The van der Waals surface area contributed by atoms with Crippen LogP contribution in [0.25, 0.3) is 0 Å². The van der Waals surface area contributed by atoms with Crippen LogP contribution in [0, 0.1) is 0 Å². The van der Waals surface area contributed by atoms with Crippen LogP contribution in [-0.2, 0) is 16.6 Å². The molecule has 0 spiro atoms. The number of hydrogen-bond donors (Lipinski definition) is 0. The van der Waals surface area contributed by atoms with Gasteiger partial charge in [0.1, 0.15) is 11.5 Å². The zero-order valence-corrected chi connectivity index (χ0v) is 11.6. The Balaban J connectivity index is 2.20. The molecule has 19 heavy (non-hydrogen) atoms. The highest BCUT2D eigenvalue weighted by Gasteiger charge is 2.21. The highest BCUT2D eigenvalue weighted by molar-refractivity contribution is 7.89. The van der Waals surface area contributed by atoms with Crippen molar-refractivity contribution in [3.05, 3.63) is 48.4 Å². The molecule has 6 heteroatoms. The lowest BCUT2D eigenvalue weighted by molar-refractivity contribution is 0.405. The average molecular weight is 281 g/mol. The summed E-state index contributed by atoms with van der Waals surface area (Å²) < 4.78 is 36.0. The van der Waals surface area contributed by atoms with Crippen LogP contribution < -0.4 is 4.74 Å². The fourth-order valence-electron chi connectivity index (χ4n) is 1.63. The maximum Gasteiger partial charge on any atom is 0.243 e. The van der Waals surface area contributed by atoms with Crippen LogP contribution in [-0.4, -0.2) is 26.9 Å². The van der Waals surface area contributed by atoms with Crippen LogP contribution in [0.15, 0.2) is 52.0 Å². The van der Waals surface area contributed by atoms with E-state index < -0.39 is 10.0 Å². The highest BCUT2D eigenvalue weighted by Crippen LogP contribution is 2.20. The minimum atomic E-state index is -3.52. The van der Waals surface area contributed by atoms with Gasteiger partial charge < -0.3 is 9.15 Å². The van der Waals surface area contributed by atoms with Gasteiger partial charge in [0.05, 0.1) is 24.8 Å². The third-order valence-electron chi connectivity index (χ3n) is 2.73. The van der Waals surface area contributed by atoms with Crippen molar-refractivity contribution in [2.75, 3.05) is 14.2 Å². The second kappa shape index (κ2) is 5.46. The molecule has 2 rings (SSSR count). The predicted molar refractivity (Wildman–Crippen MR) is 70.4 cm³/mol. The summed E-state index contributed by atoms with van der Waals surface area (Å²) in [6.45, 7) is 0.196. The largest absolute Gasteiger partial charge is 0.497 e. The van der Waals surface area contributed by atoms with E-state index >= 15 is 0 Å². The fraction of sp³-hybridized carbons (Fsp3) is 0.231. The van der Waals surface area contributed by atoms with Gasteiger partial charge >= 0.3 is 0 Å². The van der Waals surface area contributed by atoms with Gasteiger partial charge in [0, 0.05) is 7.05 Å². The molecule has 0 unspecified atom stereocenters. The lowest BCUT2D eigenvalue weighted by Crippen LogP contribution is -2.26. The third-order valence-corrected chi connectivity index (χ3v) is 4.54. The molecule has 2 aromatic rings. The third kappa shape index (κ3) is 2.97. The molecule has 102 valence electrons. The number of benzene rings is 1. The molecule has 0 aliphatic heterocycles. The van der Waals surface area contributed by atoms with Gasteiger partial charge in [-0.3, -0.25) is 0 Å². The van der Waals surface area contributed by atoms with Crippen LogP contribution in [0.3, 0.4) is 0 Å². The molecule has 0 saturated carbocycles. The number of hydrogen-bond acceptors (Lipinski definition) is 4. The van der Waals surface area contributed by atoms with Crippen molar-refractivity contribution in [2.45, 2.75) is 11.4 Å². The molecule has 1 aromatic heterocycles. The van der Waals surface area contributed by atoms with E-state index in [0.29, 0.717) is 11.5 Å². The Hall–Kier alpha value is -1.79. The van der Waals surface area contributed by atoms with Gasteiger partial charge in [-0.15, -0.1) is 0 Å². The van der Waals surface area contributed by atoms with Gasteiger partial charge in [-0.2, -0.15) is 4.31 Å². The van der Waals surface area contributed by atoms with E-state index in [2.05, 4.69) is 0 Å². The number of sulfonamides is 1. The maximum atomic E-state index is 12.3. The van der Waals surface area contributed by atoms with Gasteiger partial charge in [0.2, 0.25) is 10.0 Å². The topological polar surface area (TPSA) is 59.8 Å². The number of furan rings is 1. The Morgan fingerprint density at radius 1 is 1.21 bits per heavy atom. The van der Waals surface area contributed by atoms with Crippen molar-refractivity contribution in [3.8, 4) is 5.75 Å². The number of methoxy groups -OCH3 is 1. The lowest BCUT2D eigenvalue weighted by atomic mass is 10.3. The fourth-order valence-corrected chi connectivity index (χ4v) is 2.77. The zero-order valence-electron chi connectivity index (χ0n) is 10.7. The van der Waals surface area contributed by atoms with E-state index in [1.165, 1.54) is 36.9 Å². The molecule has 0 bridgehead atoms. The van der Waals surface area contributed by atoms with Gasteiger partial charge in [-0.05, 0) is 36.4 Å². The summed E-state index contributed by atoms with van der Waals surface area (Å²) in [4.78, 5) is 0.224. The average Bonchev–Trinajstić information content (AvgIpc) is 2.91. The summed E-state index contributed by atoms with van der Waals surface area (Å²) in [5.74, 6) is 1.22. The molecule has 0 saturated heterocycles. The van der Waals surface area contributed by atoms with Crippen molar-refractivity contribution in [1.82, 2.24) is 4.31 Å². The Labute approximate surface area is 112 Å². The molecular weight excluding hydrogens is 266 g/mol. The van der Waals surface area contributed by atoms with Gasteiger partial charge in [-0.25, -0.2) is 8.42 Å². The Morgan fingerprint density at radius 3 is 2.42 bits per heavy atom. The molecule has 0 atom stereocenters. The molecule has 0 N–H and O–H groups in total. The van der Waals surface area contributed by atoms with Crippen molar-refractivity contribution < 1.29 is 17.6 Å². The second-order valence-electron chi connectivity index (χ2n) is 4.02. The normalized spacial score (nSPS) is 11.7. The molecule has 0 radical (unpaired) electrons. The SMILES string of the molecule is COc1ccc(S(=O)(=O)N(C)Cc2ccco2)cc1. The van der Waals surface area contributed by atoms with Crippen molar-refractivity contribution in [3.63, 3.8) is 0 Å². The highest BCUT2D eigenvalue weighted by atomic mass is 32.2. The summed E-state index contributed by atoms with van der Waals surface area (Å²) in [7, 11) is -0.472. The Bertz CT molecular complexity index is 617.